The van der Waals surface area contributed by atoms with E-state index in [9.17, 15) is 28.8 Å². The molecule has 0 aromatic rings. The first-order valence-corrected chi connectivity index (χ1v) is 8.33. The summed E-state index contributed by atoms with van der Waals surface area (Å²) in [5.41, 5.74) is 5.36. The van der Waals surface area contributed by atoms with Gasteiger partial charge in [-0.1, -0.05) is 0 Å². The molecule has 9 N–H and O–H groups in total. The van der Waals surface area contributed by atoms with Gasteiger partial charge in [0.2, 0.25) is 17.7 Å². The molecule has 0 radical (unpaired) electrons. The van der Waals surface area contributed by atoms with E-state index in [0.717, 1.165) is 0 Å². The first-order chi connectivity index (χ1) is 13.4. The summed E-state index contributed by atoms with van der Waals surface area (Å²) in [6.45, 7) is 0.273. The number of aliphatic hydroxyl groups is 1. The second-order valence-electron chi connectivity index (χ2n) is 6.01. The van der Waals surface area contributed by atoms with Crippen LogP contribution in [0.4, 0.5) is 0 Å². The van der Waals surface area contributed by atoms with E-state index in [0.29, 0.717) is 0 Å². The second-order valence-corrected chi connectivity index (χ2v) is 6.01. The number of nitrogens with two attached hydrogens (primary N) is 1. The van der Waals surface area contributed by atoms with Crippen LogP contribution in [0.25, 0.3) is 0 Å². The van der Waals surface area contributed by atoms with Gasteiger partial charge in [-0.2, -0.15) is 0 Å². The molecular formula is C15H24N4O10. The van der Waals surface area contributed by atoms with Crippen molar-refractivity contribution in [1.82, 2.24) is 16.0 Å². The van der Waals surface area contributed by atoms with Crippen molar-refractivity contribution in [2.75, 3.05) is 6.61 Å². The van der Waals surface area contributed by atoms with Gasteiger partial charge in [0.25, 0.3) is 0 Å². The van der Waals surface area contributed by atoms with Crippen molar-refractivity contribution >= 4 is 35.6 Å². The summed E-state index contributed by atoms with van der Waals surface area (Å²) in [6, 6.07) is -5.83. The minimum atomic E-state index is -1.67. The van der Waals surface area contributed by atoms with Gasteiger partial charge in [0.1, 0.15) is 18.1 Å². The lowest BCUT2D eigenvalue weighted by atomic mass is 10.1. The van der Waals surface area contributed by atoms with Crippen molar-refractivity contribution < 1.29 is 49.2 Å². The van der Waals surface area contributed by atoms with Gasteiger partial charge in [0.15, 0.2) is 0 Å². The maximum absolute atomic E-state index is 12.2. The highest BCUT2D eigenvalue weighted by atomic mass is 16.4. The molecule has 29 heavy (non-hydrogen) atoms. The normalized spacial score (nSPS) is 14.6. The van der Waals surface area contributed by atoms with E-state index >= 15 is 0 Å². The highest BCUT2D eigenvalue weighted by Gasteiger charge is 2.29. The van der Waals surface area contributed by atoms with Crippen LogP contribution in [0, 0.1) is 0 Å². The van der Waals surface area contributed by atoms with Crippen LogP contribution in [0.15, 0.2) is 0 Å². The van der Waals surface area contributed by atoms with Crippen LogP contribution >= 0.6 is 0 Å². The third-order valence-electron chi connectivity index (χ3n) is 3.56. The molecule has 0 saturated carbocycles. The van der Waals surface area contributed by atoms with Gasteiger partial charge in [-0.3, -0.25) is 24.0 Å². The number of carbonyl (C=O) groups excluding carboxylic acids is 3. The largest absolute Gasteiger partial charge is 0.481 e. The van der Waals surface area contributed by atoms with E-state index in [1.54, 1.807) is 0 Å². The van der Waals surface area contributed by atoms with Gasteiger partial charge in [-0.05, 0) is 13.3 Å². The third-order valence-corrected chi connectivity index (χ3v) is 3.56. The number of hydrogen-bond donors (Lipinski definition) is 8. The number of carboxylic acids is 3. The monoisotopic (exact) mass is 420 g/mol. The van der Waals surface area contributed by atoms with Crippen molar-refractivity contribution in [3.63, 3.8) is 0 Å². The van der Waals surface area contributed by atoms with Crippen LogP contribution in [0.2, 0.25) is 0 Å². The number of carboxylic acid groups (broad SMARTS) is 3. The summed E-state index contributed by atoms with van der Waals surface area (Å²) in [4.78, 5) is 68.3. The fourth-order valence-corrected chi connectivity index (χ4v) is 1.96. The predicted molar refractivity (Wildman–Crippen MR) is 93.3 cm³/mol. The fraction of sp³-hybridized carbons (Fsp3) is 0.600. The molecule has 14 nitrogen and oxygen atoms in total. The Labute approximate surface area is 164 Å². The molecule has 4 unspecified atom stereocenters. The van der Waals surface area contributed by atoms with Gasteiger partial charge >= 0.3 is 17.9 Å². The van der Waals surface area contributed by atoms with Gasteiger partial charge in [-0.15, -0.1) is 0 Å². The quantitative estimate of drug-likeness (QED) is 0.143. The Bertz CT molecular complexity index is 653. The van der Waals surface area contributed by atoms with E-state index in [-0.39, 0.29) is 0 Å². The molecule has 0 rings (SSSR count). The summed E-state index contributed by atoms with van der Waals surface area (Å²) in [6.07, 6.45) is -1.62. The standard InChI is InChI=1S/C15H24N4O10/c1-6(17-13(26)7(16)4-11(23)24)12(25)18-8(2-3-10(21)22)14(27)19-9(5-20)15(28)29/h6-9,20H,2-5,16H2,1H3,(H,17,26)(H,18,25)(H,19,27)(H,21,22)(H,23,24)(H,28,29). The average Bonchev–Trinajstić information content (AvgIpc) is 2.61. The van der Waals surface area contributed by atoms with Crippen LogP contribution in [0.3, 0.4) is 0 Å². The Morgan fingerprint density at radius 3 is 1.83 bits per heavy atom. The van der Waals surface area contributed by atoms with Gasteiger partial charge < -0.3 is 42.1 Å². The summed E-state index contributed by atoms with van der Waals surface area (Å²) < 4.78 is 0. The summed E-state index contributed by atoms with van der Waals surface area (Å²) in [5.74, 6) is -7.07. The molecule has 0 aliphatic carbocycles. The molecule has 4 atom stereocenters. The predicted octanol–water partition coefficient (Wildman–Crippen LogP) is -3.80. The molecule has 0 aromatic heterocycles. The molecule has 0 aromatic carbocycles. The smallest absolute Gasteiger partial charge is 0.328 e. The topological polar surface area (TPSA) is 245 Å². The minimum Gasteiger partial charge on any atom is -0.481 e. The van der Waals surface area contributed by atoms with Gasteiger partial charge in [0.05, 0.1) is 19.1 Å². The zero-order valence-corrected chi connectivity index (χ0v) is 15.5. The number of carbonyl (C=O) groups is 6. The second kappa shape index (κ2) is 12.2. The van der Waals surface area contributed by atoms with Crippen molar-refractivity contribution in [3.05, 3.63) is 0 Å². The number of rotatable bonds is 13. The molecule has 0 bridgehead atoms. The first-order valence-electron chi connectivity index (χ1n) is 8.33. The SMILES string of the molecule is CC(NC(=O)C(N)CC(=O)O)C(=O)NC(CCC(=O)O)C(=O)NC(CO)C(=O)O. The minimum absolute atomic E-state index is 0.399. The Morgan fingerprint density at radius 1 is 0.828 bits per heavy atom. The van der Waals surface area contributed by atoms with Crippen molar-refractivity contribution in [3.8, 4) is 0 Å². The number of hydrogen-bond acceptors (Lipinski definition) is 8. The maximum atomic E-state index is 12.2. The average molecular weight is 420 g/mol. The van der Waals surface area contributed by atoms with E-state index in [2.05, 4.69) is 10.6 Å². The zero-order valence-electron chi connectivity index (χ0n) is 15.5. The Morgan fingerprint density at radius 2 is 1.38 bits per heavy atom. The number of amides is 3. The molecule has 0 aliphatic heterocycles. The lowest BCUT2D eigenvalue weighted by Crippen LogP contribution is -2.57. The molecule has 0 aliphatic rings. The molecule has 0 fully saturated rings. The van der Waals surface area contributed by atoms with Crippen molar-refractivity contribution in [2.45, 2.75) is 50.4 Å². The van der Waals surface area contributed by atoms with Crippen LogP contribution < -0.4 is 21.7 Å². The lowest BCUT2D eigenvalue weighted by Gasteiger charge is -2.23. The van der Waals surface area contributed by atoms with E-state index in [4.69, 9.17) is 26.2 Å². The Hall–Kier alpha value is -3.26. The molecule has 0 heterocycles. The number of aliphatic carboxylic acids is 3. The molecular weight excluding hydrogens is 396 g/mol. The Kier molecular flexibility index (Phi) is 10.9. The van der Waals surface area contributed by atoms with Crippen molar-refractivity contribution in [2.24, 2.45) is 5.73 Å². The molecule has 0 spiro atoms. The first kappa shape index (κ1) is 25.7. The van der Waals surface area contributed by atoms with Crippen LogP contribution in [-0.4, -0.2) is 86.8 Å². The fourth-order valence-electron chi connectivity index (χ4n) is 1.96. The van der Waals surface area contributed by atoms with Gasteiger partial charge in [-0.25, -0.2) is 4.79 Å². The summed E-state index contributed by atoms with van der Waals surface area (Å²) in [7, 11) is 0. The Balaban J connectivity index is 5.07. The van der Waals surface area contributed by atoms with Crippen LogP contribution in [-0.2, 0) is 28.8 Å². The highest BCUT2D eigenvalue weighted by molar-refractivity contribution is 5.94. The zero-order chi connectivity index (χ0) is 22.7. The maximum Gasteiger partial charge on any atom is 0.328 e. The van der Waals surface area contributed by atoms with Gasteiger partial charge in [0, 0.05) is 6.42 Å². The third kappa shape index (κ3) is 10.0. The number of nitrogens with one attached hydrogen (secondary N) is 3. The van der Waals surface area contributed by atoms with E-state index < -0.39 is 85.7 Å². The van der Waals surface area contributed by atoms with E-state index in [1.165, 1.54) is 6.92 Å². The van der Waals surface area contributed by atoms with Crippen LogP contribution in [0.1, 0.15) is 26.2 Å². The molecule has 164 valence electrons. The van der Waals surface area contributed by atoms with E-state index in [1.807, 2.05) is 5.32 Å². The summed E-state index contributed by atoms with van der Waals surface area (Å²) >= 11 is 0. The van der Waals surface area contributed by atoms with Crippen molar-refractivity contribution in [1.29, 1.82) is 0 Å². The molecule has 3 amide bonds. The molecule has 0 saturated heterocycles. The van der Waals surface area contributed by atoms with Crippen LogP contribution in [0.5, 0.6) is 0 Å². The molecule has 14 heteroatoms. The number of aliphatic hydroxyl groups excluding tert-OH is 1. The lowest BCUT2D eigenvalue weighted by molar-refractivity contribution is -0.144. The summed E-state index contributed by atoms with van der Waals surface area (Å²) in [5, 5.41) is 41.4. The highest BCUT2D eigenvalue weighted by Crippen LogP contribution is 2.01.